The van der Waals surface area contributed by atoms with Gasteiger partial charge in [0, 0.05) is 32.9 Å². The van der Waals surface area contributed by atoms with Crippen molar-refractivity contribution in [2.45, 2.75) is 6.54 Å². The van der Waals surface area contributed by atoms with Crippen LogP contribution in [0.5, 0.6) is 0 Å². The Morgan fingerprint density at radius 1 is 0.897 bits per heavy atom. The van der Waals surface area contributed by atoms with Gasteiger partial charge in [0.15, 0.2) is 0 Å². The lowest BCUT2D eigenvalue weighted by molar-refractivity contribution is 0.400. The van der Waals surface area contributed by atoms with E-state index >= 15 is 0 Å². The molecule has 1 aromatic heterocycles. The number of aryl methyl sites for hydroxylation is 1. The summed E-state index contributed by atoms with van der Waals surface area (Å²) in [6.07, 6.45) is 1.83. The Morgan fingerprint density at radius 3 is 2.34 bits per heavy atom. The third-order valence-corrected chi connectivity index (χ3v) is 5.42. The fraction of sp³-hybridized carbons (Fsp3) is 0.240. The van der Waals surface area contributed by atoms with E-state index in [1.165, 1.54) is 5.56 Å². The summed E-state index contributed by atoms with van der Waals surface area (Å²) < 4.78 is 1.65. The zero-order chi connectivity index (χ0) is 20.4. The minimum Gasteiger partial charge on any atom is -0.318 e. The van der Waals surface area contributed by atoms with Gasteiger partial charge < -0.3 is 14.8 Å². The van der Waals surface area contributed by atoms with Gasteiger partial charge in [0.2, 0.25) is 0 Å². The van der Waals surface area contributed by atoms with E-state index in [4.69, 9.17) is 0 Å². The predicted molar refractivity (Wildman–Crippen MR) is 122 cm³/mol. The molecule has 4 nitrogen and oxygen atoms in total. The third kappa shape index (κ3) is 4.09. The van der Waals surface area contributed by atoms with Crippen LogP contribution < -0.4 is 10.9 Å². The largest absolute Gasteiger partial charge is 0.318 e. The predicted octanol–water partition coefficient (Wildman–Crippen LogP) is 4.01. The van der Waals surface area contributed by atoms with Gasteiger partial charge in [-0.15, -0.1) is 0 Å². The van der Waals surface area contributed by atoms with Gasteiger partial charge in [0.1, 0.15) is 0 Å². The summed E-state index contributed by atoms with van der Waals surface area (Å²) in [6, 6.07) is 21.2. The number of hydrogen-bond donors (Lipinski definition) is 1. The Kier molecular flexibility index (Phi) is 5.47. The Labute approximate surface area is 171 Å². The molecule has 0 atom stereocenters. The van der Waals surface area contributed by atoms with E-state index in [2.05, 4.69) is 72.8 Å². The van der Waals surface area contributed by atoms with Gasteiger partial charge >= 0.3 is 0 Å². The minimum atomic E-state index is 0.0457. The smallest absolute Gasteiger partial charge is 0.258 e. The molecule has 0 aliphatic rings. The highest BCUT2D eigenvalue weighted by molar-refractivity contribution is 6.08. The highest BCUT2D eigenvalue weighted by Crippen LogP contribution is 2.28. The molecular weight excluding hydrogens is 358 g/mol. The molecule has 0 saturated carbocycles. The van der Waals surface area contributed by atoms with Crippen molar-refractivity contribution < 1.29 is 0 Å². The van der Waals surface area contributed by atoms with Crippen LogP contribution in [0.1, 0.15) is 5.56 Å². The molecule has 0 bridgehead atoms. The van der Waals surface area contributed by atoms with Crippen molar-refractivity contribution in [1.82, 2.24) is 14.8 Å². The minimum absolute atomic E-state index is 0.0457. The maximum atomic E-state index is 12.8. The second kappa shape index (κ2) is 8.19. The molecule has 0 amide bonds. The fourth-order valence-corrected chi connectivity index (χ4v) is 3.68. The normalized spacial score (nSPS) is 11.6. The molecule has 1 heterocycles. The maximum Gasteiger partial charge on any atom is 0.258 e. The lowest BCUT2D eigenvalue weighted by atomic mass is 9.97. The summed E-state index contributed by atoms with van der Waals surface area (Å²) in [7, 11) is 5.97. The van der Waals surface area contributed by atoms with Gasteiger partial charge in [0.25, 0.3) is 5.56 Å². The zero-order valence-electron chi connectivity index (χ0n) is 17.3. The highest BCUT2D eigenvalue weighted by atomic mass is 16.1. The molecule has 29 heavy (non-hydrogen) atoms. The van der Waals surface area contributed by atoms with E-state index in [9.17, 15) is 4.79 Å². The number of nitrogens with one attached hydrogen (secondary N) is 1. The molecule has 0 aliphatic carbocycles. The van der Waals surface area contributed by atoms with Crippen LogP contribution >= 0.6 is 0 Å². The van der Waals surface area contributed by atoms with Gasteiger partial charge in [-0.25, -0.2) is 0 Å². The quantitative estimate of drug-likeness (QED) is 0.402. The van der Waals surface area contributed by atoms with E-state index in [-0.39, 0.29) is 5.56 Å². The SMILES string of the molecule is CN(C)CCNCc1ccc(-c2ccc3ccc4ccn(C)c(=O)c4c3c2)cc1. The number of aromatic nitrogens is 1. The number of nitrogens with zero attached hydrogens (tertiary/aromatic N) is 2. The first-order valence-corrected chi connectivity index (χ1v) is 10.00. The molecule has 3 aromatic carbocycles. The number of benzene rings is 3. The summed E-state index contributed by atoms with van der Waals surface area (Å²) in [5.41, 5.74) is 3.61. The van der Waals surface area contributed by atoms with Crippen molar-refractivity contribution in [2.24, 2.45) is 7.05 Å². The van der Waals surface area contributed by atoms with Crippen molar-refractivity contribution in [3.05, 3.63) is 82.8 Å². The Morgan fingerprint density at radius 2 is 1.59 bits per heavy atom. The van der Waals surface area contributed by atoms with Gasteiger partial charge in [0.05, 0.1) is 5.39 Å². The zero-order valence-corrected chi connectivity index (χ0v) is 17.3. The summed E-state index contributed by atoms with van der Waals surface area (Å²) in [5, 5.41) is 7.34. The van der Waals surface area contributed by atoms with Crippen LogP contribution in [0.3, 0.4) is 0 Å². The van der Waals surface area contributed by atoms with Gasteiger partial charge in [-0.1, -0.05) is 48.5 Å². The number of fused-ring (bicyclic) bond motifs is 3. The molecule has 0 radical (unpaired) electrons. The second-order valence-electron chi connectivity index (χ2n) is 7.87. The molecule has 0 unspecified atom stereocenters. The molecule has 4 rings (SSSR count). The topological polar surface area (TPSA) is 37.3 Å². The summed E-state index contributed by atoms with van der Waals surface area (Å²) >= 11 is 0. The van der Waals surface area contributed by atoms with Gasteiger partial charge in [-0.3, -0.25) is 4.79 Å². The van der Waals surface area contributed by atoms with Crippen LogP contribution in [0.4, 0.5) is 0 Å². The molecule has 0 saturated heterocycles. The van der Waals surface area contributed by atoms with E-state index in [0.29, 0.717) is 0 Å². The lowest BCUT2D eigenvalue weighted by Gasteiger charge is -2.11. The summed E-state index contributed by atoms with van der Waals surface area (Å²) in [6.45, 7) is 2.87. The molecule has 4 aromatic rings. The molecule has 0 aliphatic heterocycles. The van der Waals surface area contributed by atoms with Crippen LogP contribution in [-0.4, -0.2) is 36.7 Å². The lowest BCUT2D eigenvalue weighted by Crippen LogP contribution is -2.26. The van der Waals surface area contributed by atoms with Gasteiger partial charge in [-0.05, 0) is 59.1 Å². The number of hydrogen-bond acceptors (Lipinski definition) is 3. The standard InChI is InChI=1S/C25H27N3O/c1-27(2)15-13-26-17-18-4-6-19(7-5-18)22-11-9-20-8-10-21-12-14-28(3)25(29)24(21)23(20)16-22/h4-12,14,16,26H,13,15,17H2,1-3H3. The first kappa shape index (κ1) is 19.4. The van der Waals surface area contributed by atoms with E-state index in [1.54, 1.807) is 11.6 Å². The van der Waals surface area contributed by atoms with Crippen molar-refractivity contribution in [1.29, 1.82) is 0 Å². The molecule has 4 heteroatoms. The van der Waals surface area contributed by atoms with E-state index in [1.807, 2.05) is 18.3 Å². The first-order valence-electron chi connectivity index (χ1n) is 10.00. The number of rotatable bonds is 6. The molecule has 1 N–H and O–H groups in total. The van der Waals surface area contributed by atoms with E-state index < -0.39 is 0 Å². The average molecular weight is 386 g/mol. The van der Waals surface area contributed by atoms with Crippen molar-refractivity contribution in [3.8, 4) is 11.1 Å². The van der Waals surface area contributed by atoms with Crippen LogP contribution in [-0.2, 0) is 13.6 Å². The Bertz CT molecular complexity index is 1210. The number of likely N-dealkylation sites (N-methyl/N-ethyl adjacent to an activating group) is 1. The van der Waals surface area contributed by atoms with Crippen LogP contribution in [0.2, 0.25) is 0 Å². The summed E-state index contributed by atoms with van der Waals surface area (Å²) in [5.74, 6) is 0. The second-order valence-corrected chi connectivity index (χ2v) is 7.87. The number of pyridine rings is 1. The third-order valence-electron chi connectivity index (χ3n) is 5.42. The summed E-state index contributed by atoms with van der Waals surface area (Å²) in [4.78, 5) is 14.9. The Hall–Kier alpha value is -2.95. The molecule has 0 fully saturated rings. The highest BCUT2D eigenvalue weighted by Gasteiger charge is 2.08. The van der Waals surface area contributed by atoms with Gasteiger partial charge in [-0.2, -0.15) is 0 Å². The van der Waals surface area contributed by atoms with Crippen LogP contribution in [0, 0.1) is 0 Å². The molecular formula is C25H27N3O. The molecule has 148 valence electrons. The van der Waals surface area contributed by atoms with E-state index in [0.717, 1.165) is 52.3 Å². The Balaban J connectivity index is 1.65. The van der Waals surface area contributed by atoms with Crippen LogP contribution in [0.15, 0.2) is 71.7 Å². The molecule has 0 spiro atoms. The average Bonchev–Trinajstić information content (AvgIpc) is 2.73. The van der Waals surface area contributed by atoms with Crippen molar-refractivity contribution in [2.75, 3.05) is 27.2 Å². The van der Waals surface area contributed by atoms with Crippen molar-refractivity contribution in [3.63, 3.8) is 0 Å². The first-order chi connectivity index (χ1) is 14.0. The van der Waals surface area contributed by atoms with Crippen LogP contribution in [0.25, 0.3) is 32.7 Å². The van der Waals surface area contributed by atoms with Crippen molar-refractivity contribution >= 4 is 21.5 Å². The monoisotopic (exact) mass is 385 g/mol. The fourth-order valence-electron chi connectivity index (χ4n) is 3.68. The maximum absolute atomic E-state index is 12.8.